The average molecular weight is 413 g/mol. The minimum atomic E-state index is -0.378. The van der Waals surface area contributed by atoms with E-state index in [4.69, 9.17) is 4.74 Å². The van der Waals surface area contributed by atoms with E-state index in [-0.39, 0.29) is 11.7 Å². The lowest BCUT2D eigenvalue weighted by Crippen LogP contribution is -2.36. The van der Waals surface area contributed by atoms with Crippen LogP contribution in [0, 0.1) is 6.92 Å². The zero-order chi connectivity index (χ0) is 22.3. The van der Waals surface area contributed by atoms with Crippen molar-refractivity contribution >= 4 is 0 Å². The molecule has 0 bridgehead atoms. The summed E-state index contributed by atoms with van der Waals surface area (Å²) >= 11 is 0. The zero-order valence-electron chi connectivity index (χ0n) is 19.7. The van der Waals surface area contributed by atoms with E-state index in [0.717, 1.165) is 61.0 Å². The molecule has 0 radical (unpaired) electrons. The third-order valence-corrected chi connectivity index (χ3v) is 5.86. The van der Waals surface area contributed by atoms with Gasteiger partial charge in [0.1, 0.15) is 17.1 Å². The highest BCUT2D eigenvalue weighted by Gasteiger charge is 2.31. The van der Waals surface area contributed by atoms with Gasteiger partial charge in [0, 0.05) is 0 Å². The van der Waals surface area contributed by atoms with Crippen molar-refractivity contribution in [2.75, 3.05) is 0 Å². The summed E-state index contributed by atoms with van der Waals surface area (Å²) < 4.78 is 6.39. The molecule has 2 rings (SSSR count). The monoisotopic (exact) mass is 412 g/mol. The molecule has 1 aromatic rings. The molecule has 1 aromatic carbocycles. The SMILES string of the molecule is CC(C)=C[C@@H](O)C/C(C)=C/CC/C(C)=C/CC[C@]1(C)CCc2cc(O)cc(C)c2O1. The molecule has 0 aliphatic carbocycles. The van der Waals surface area contributed by atoms with Crippen LogP contribution in [-0.2, 0) is 6.42 Å². The number of phenols is 1. The lowest BCUT2D eigenvalue weighted by molar-refractivity contribution is 0.0561. The lowest BCUT2D eigenvalue weighted by Gasteiger charge is -2.36. The first-order valence-electron chi connectivity index (χ1n) is 11.2. The Morgan fingerprint density at radius 1 is 1.13 bits per heavy atom. The number of phenolic OH excluding ortho intramolecular Hbond substituents is 1. The molecular formula is C27H40O3. The smallest absolute Gasteiger partial charge is 0.126 e. The molecule has 0 saturated carbocycles. The second-order valence-electron chi connectivity index (χ2n) is 9.50. The van der Waals surface area contributed by atoms with Gasteiger partial charge in [0.2, 0.25) is 0 Å². The maximum atomic E-state index is 10.0. The van der Waals surface area contributed by atoms with Gasteiger partial charge in [-0.15, -0.1) is 0 Å². The van der Waals surface area contributed by atoms with E-state index in [9.17, 15) is 10.2 Å². The van der Waals surface area contributed by atoms with E-state index in [1.54, 1.807) is 6.07 Å². The molecule has 0 aromatic heterocycles. The van der Waals surface area contributed by atoms with Crippen molar-refractivity contribution in [3.8, 4) is 11.5 Å². The maximum Gasteiger partial charge on any atom is 0.126 e. The third-order valence-electron chi connectivity index (χ3n) is 5.86. The van der Waals surface area contributed by atoms with Crippen LogP contribution in [0.2, 0.25) is 0 Å². The van der Waals surface area contributed by atoms with E-state index in [1.165, 1.54) is 11.1 Å². The largest absolute Gasteiger partial charge is 0.508 e. The van der Waals surface area contributed by atoms with E-state index in [2.05, 4.69) is 32.9 Å². The molecule has 30 heavy (non-hydrogen) atoms. The second-order valence-corrected chi connectivity index (χ2v) is 9.50. The molecule has 0 unspecified atom stereocenters. The van der Waals surface area contributed by atoms with Gasteiger partial charge in [0.15, 0.2) is 0 Å². The molecule has 2 N–H and O–H groups in total. The van der Waals surface area contributed by atoms with Crippen molar-refractivity contribution in [2.45, 2.75) is 98.2 Å². The van der Waals surface area contributed by atoms with Crippen LogP contribution in [0.3, 0.4) is 0 Å². The second kappa shape index (κ2) is 10.9. The fourth-order valence-electron chi connectivity index (χ4n) is 4.16. The van der Waals surface area contributed by atoms with Crippen LogP contribution in [0.5, 0.6) is 11.5 Å². The van der Waals surface area contributed by atoms with Gasteiger partial charge in [-0.3, -0.25) is 0 Å². The standard InChI is InChI=1S/C27H40O3/c1-19(2)15-24(28)16-21(4)10-7-9-20(3)11-8-13-27(6)14-12-23-18-25(29)17-22(5)26(23)30-27/h10-11,15,17-18,24,28-29H,7-9,12-14,16H2,1-6H3/b20-11+,21-10+/t24-,27-/m1/s1. The zero-order valence-corrected chi connectivity index (χ0v) is 19.7. The first-order chi connectivity index (χ1) is 14.1. The van der Waals surface area contributed by atoms with Crippen molar-refractivity contribution in [3.05, 3.63) is 58.2 Å². The van der Waals surface area contributed by atoms with Gasteiger partial charge in [0.05, 0.1) is 6.10 Å². The number of ether oxygens (including phenoxy) is 1. The first-order valence-corrected chi connectivity index (χ1v) is 11.2. The normalized spacial score (nSPS) is 20.4. The van der Waals surface area contributed by atoms with Gasteiger partial charge in [-0.05, 0) is 110 Å². The molecule has 0 saturated heterocycles. The van der Waals surface area contributed by atoms with Gasteiger partial charge in [0.25, 0.3) is 0 Å². The van der Waals surface area contributed by atoms with E-state index in [1.807, 2.05) is 32.9 Å². The summed E-state index contributed by atoms with van der Waals surface area (Å²) in [5.74, 6) is 1.28. The molecule has 3 heteroatoms. The number of allylic oxidation sites excluding steroid dienone is 4. The number of rotatable bonds is 9. The predicted molar refractivity (Wildman–Crippen MR) is 126 cm³/mol. The van der Waals surface area contributed by atoms with Gasteiger partial charge >= 0.3 is 0 Å². The Kier molecular flexibility index (Phi) is 8.78. The third kappa shape index (κ3) is 7.68. The van der Waals surface area contributed by atoms with Crippen LogP contribution in [0.15, 0.2) is 47.1 Å². The van der Waals surface area contributed by atoms with Crippen molar-refractivity contribution < 1.29 is 14.9 Å². The molecule has 0 amide bonds. The maximum absolute atomic E-state index is 10.0. The highest BCUT2D eigenvalue weighted by Crippen LogP contribution is 2.39. The van der Waals surface area contributed by atoms with Gasteiger partial charge < -0.3 is 14.9 Å². The lowest BCUT2D eigenvalue weighted by atomic mass is 9.87. The Labute approximate surface area is 183 Å². The fourth-order valence-corrected chi connectivity index (χ4v) is 4.16. The molecule has 0 spiro atoms. The quantitative estimate of drug-likeness (QED) is 0.431. The predicted octanol–water partition coefficient (Wildman–Crippen LogP) is 6.95. The average Bonchev–Trinajstić information content (AvgIpc) is 2.61. The minimum Gasteiger partial charge on any atom is -0.508 e. The molecule has 1 aliphatic rings. The van der Waals surface area contributed by atoms with E-state index < -0.39 is 0 Å². The molecule has 166 valence electrons. The van der Waals surface area contributed by atoms with Crippen LogP contribution in [-0.4, -0.2) is 21.9 Å². The summed E-state index contributed by atoms with van der Waals surface area (Å²) in [5, 5.41) is 19.8. The van der Waals surface area contributed by atoms with Crippen molar-refractivity contribution in [1.82, 2.24) is 0 Å². The highest BCUT2D eigenvalue weighted by atomic mass is 16.5. The summed E-state index contributed by atoms with van der Waals surface area (Å²) in [6, 6.07) is 3.61. The van der Waals surface area contributed by atoms with Gasteiger partial charge in [-0.1, -0.05) is 34.9 Å². The number of aromatic hydroxyl groups is 1. The summed E-state index contributed by atoms with van der Waals surface area (Å²) in [6.07, 6.45) is 12.8. The van der Waals surface area contributed by atoms with E-state index in [0.29, 0.717) is 12.2 Å². The molecule has 1 heterocycles. The van der Waals surface area contributed by atoms with Crippen LogP contribution in [0.1, 0.15) is 84.3 Å². The van der Waals surface area contributed by atoms with Gasteiger partial charge in [-0.25, -0.2) is 0 Å². The number of hydrogen-bond donors (Lipinski definition) is 2. The molecular weight excluding hydrogens is 372 g/mol. The Hall–Kier alpha value is -2.00. The number of fused-ring (bicyclic) bond motifs is 1. The van der Waals surface area contributed by atoms with Crippen molar-refractivity contribution in [1.29, 1.82) is 0 Å². The van der Waals surface area contributed by atoms with Crippen LogP contribution >= 0.6 is 0 Å². The Morgan fingerprint density at radius 2 is 1.83 bits per heavy atom. The Morgan fingerprint density at radius 3 is 2.53 bits per heavy atom. The number of aryl methyl sites for hydroxylation is 2. The number of hydrogen-bond acceptors (Lipinski definition) is 3. The van der Waals surface area contributed by atoms with E-state index >= 15 is 0 Å². The topological polar surface area (TPSA) is 49.7 Å². The summed E-state index contributed by atoms with van der Waals surface area (Å²) in [7, 11) is 0. The summed E-state index contributed by atoms with van der Waals surface area (Å²) in [4.78, 5) is 0. The molecule has 0 fully saturated rings. The Balaban J connectivity index is 1.81. The van der Waals surface area contributed by atoms with Crippen molar-refractivity contribution in [2.24, 2.45) is 0 Å². The number of aliphatic hydroxyl groups excluding tert-OH is 1. The summed E-state index contributed by atoms with van der Waals surface area (Å²) in [5.41, 5.74) is 5.79. The Bertz CT molecular complexity index is 812. The molecule has 2 atom stereocenters. The van der Waals surface area contributed by atoms with Crippen LogP contribution in [0.4, 0.5) is 0 Å². The number of benzene rings is 1. The van der Waals surface area contributed by atoms with Crippen LogP contribution < -0.4 is 4.74 Å². The highest BCUT2D eigenvalue weighted by molar-refractivity contribution is 5.47. The fraction of sp³-hybridized carbons (Fsp3) is 0.556. The van der Waals surface area contributed by atoms with Gasteiger partial charge in [-0.2, -0.15) is 0 Å². The minimum absolute atomic E-state index is 0.150. The number of aliphatic hydroxyl groups is 1. The molecule has 1 aliphatic heterocycles. The van der Waals surface area contributed by atoms with Crippen molar-refractivity contribution in [3.63, 3.8) is 0 Å². The summed E-state index contributed by atoms with van der Waals surface area (Å²) in [6.45, 7) is 12.5. The van der Waals surface area contributed by atoms with Crippen LogP contribution in [0.25, 0.3) is 0 Å². The molecule has 3 nitrogen and oxygen atoms in total. The first kappa shape index (κ1) is 24.3.